The van der Waals surface area contributed by atoms with Crippen molar-refractivity contribution < 1.29 is 0 Å². The van der Waals surface area contributed by atoms with Gasteiger partial charge in [-0.05, 0) is 103 Å². The fourth-order valence-corrected chi connectivity index (χ4v) is 11.7. The molecule has 0 radical (unpaired) electrons. The molecule has 27 heavy (non-hydrogen) atoms. The van der Waals surface area contributed by atoms with Gasteiger partial charge in [-0.15, -0.1) is 0 Å². The Labute approximate surface area is 167 Å². The lowest BCUT2D eigenvalue weighted by molar-refractivity contribution is -0.0689. The maximum absolute atomic E-state index is 1.70. The summed E-state index contributed by atoms with van der Waals surface area (Å²) in [6.07, 6.45) is 24.4. The Balaban J connectivity index is 1.22. The Bertz CT molecular complexity index is 525. The summed E-state index contributed by atoms with van der Waals surface area (Å²) in [5.41, 5.74) is 0. The van der Waals surface area contributed by atoms with Gasteiger partial charge < -0.3 is 0 Å². The Morgan fingerprint density at radius 1 is 0.296 bits per heavy atom. The number of hydrogen-bond donors (Lipinski definition) is 0. The summed E-state index contributed by atoms with van der Waals surface area (Å²) >= 11 is 0. The molecule has 150 valence electrons. The Morgan fingerprint density at radius 2 is 0.667 bits per heavy atom. The number of rotatable bonds is 0. The molecule has 0 N–H and O–H groups in total. The van der Waals surface area contributed by atoms with Crippen LogP contribution in [0.5, 0.6) is 0 Å². The molecular weight excluding hydrogens is 324 g/mol. The first-order valence-corrected chi connectivity index (χ1v) is 13.4. The highest BCUT2D eigenvalue weighted by atomic mass is 14.7. The molecule has 0 heterocycles. The maximum Gasteiger partial charge on any atom is -0.0326 e. The van der Waals surface area contributed by atoms with Gasteiger partial charge in [0.05, 0.1) is 0 Å². The summed E-state index contributed by atoms with van der Waals surface area (Å²) in [6.45, 7) is 0. The highest BCUT2D eigenvalue weighted by Gasteiger charge is 2.60. The van der Waals surface area contributed by atoms with Crippen molar-refractivity contribution in [3.63, 3.8) is 0 Å². The van der Waals surface area contributed by atoms with Crippen LogP contribution in [0.15, 0.2) is 0 Å². The zero-order valence-corrected chi connectivity index (χ0v) is 17.5. The summed E-state index contributed by atoms with van der Waals surface area (Å²) in [4.78, 5) is 0. The zero-order chi connectivity index (χ0) is 17.5. The van der Waals surface area contributed by atoms with Crippen molar-refractivity contribution in [1.29, 1.82) is 0 Å². The van der Waals surface area contributed by atoms with E-state index in [-0.39, 0.29) is 0 Å². The monoisotopic (exact) mass is 366 g/mol. The lowest BCUT2D eigenvalue weighted by Crippen LogP contribution is -2.48. The van der Waals surface area contributed by atoms with Gasteiger partial charge >= 0.3 is 0 Å². The van der Waals surface area contributed by atoms with E-state index < -0.39 is 0 Å². The Kier molecular flexibility index (Phi) is 3.88. The van der Waals surface area contributed by atoms with E-state index >= 15 is 0 Å². The van der Waals surface area contributed by atoms with Crippen LogP contribution in [0.4, 0.5) is 0 Å². The van der Waals surface area contributed by atoms with Gasteiger partial charge in [0, 0.05) is 0 Å². The normalized spacial score (nSPS) is 61.3. The van der Waals surface area contributed by atoms with Crippen LogP contribution >= 0.6 is 0 Å². The van der Waals surface area contributed by atoms with Crippen LogP contribution < -0.4 is 0 Å². The minimum absolute atomic E-state index is 1.16. The number of fused-ring (bicyclic) bond motifs is 5. The van der Waals surface area contributed by atoms with E-state index in [1.165, 1.54) is 47.3 Å². The van der Waals surface area contributed by atoms with Crippen molar-refractivity contribution in [2.75, 3.05) is 0 Å². The third-order valence-electron chi connectivity index (χ3n) is 12.1. The van der Waals surface area contributed by atoms with Crippen molar-refractivity contribution in [2.45, 2.75) is 96.3 Å². The van der Waals surface area contributed by atoms with Gasteiger partial charge in [0.25, 0.3) is 0 Å². The molecule has 0 aliphatic heterocycles. The SMILES string of the molecule is C1CC2CCCC3C4CC5C(CC6CCCC7CCCC5C76)C4CC(C1)C23. The molecule has 0 spiro atoms. The van der Waals surface area contributed by atoms with E-state index in [0.29, 0.717) is 0 Å². The van der Waals surface area contributed by atoms with Crippen molar-refractivity contribution >= 4 is 0 Å². The summed E-state index contributed by atoms with van der Waals surface area (Å²) in [5.74, 6) is 14.1. The molecule has 12 unspecified atom stereocenters. The Morgan fingerprint density at radius 3 is 1.15 bits per heavy atom. The second-order valence-corrected chi connectivity index (χ2v) is 12.6. The first-order chi connectivity index (χ1) is 13.4. The molecule has 0 aromatic heterocycles. The van der Waals surface area contributed by atoms with Crippen LogP contribution in [-0.4, -0.2) is 0 Å². The average Bonchev–Trinajstić information content (AvgIpc) is 3.08. The third-order valence-corrected chi connectivity index (χ3v) is 12.1. The first kappa shape index (κ1) is 16.8. The van der Waals surface area contributed by atoms with Gasteiger partial charge in [0.2, 0.25) is 0 Å². The van der Waals surface area contributed by atoms with Gasteiger partial charge in [0.15, 0.2) is 0 Å². The molecule has 0 aromatic rings. The van der Waals surface area contributed by atoms with E-state index in [0.717, 1.165) is 23.7 Å². The Hall–Kier alpha value is 0. The van der Waals surface area contributed by atoms with Crippen LogP contribution in [0.3, 0.4) is 0 Å². The molecule has 7 fully saturated rings. The molecule has 0 heteroatoms. The zero-order valence-electron chi connectivity index (χ0n) is 17.5. The fourth-order valence-electron chi connectivity index (χ4n) is 11.7. The smallest absolute Gasteiger partial charge is 0.0326 e. The second kappa shape index (κ2) is 6.25. The van der Waals surface area contributed by atoms with Crippen molar-refractivity contribution in [3.8, 4) is 0 Å². The molecule has 12 atom stereocenters. The summed E-state index contributed by atoms with van der Waals surface area (Å²) < 4.78 is 0. The van der Waals surface area contributed by atoms with Crippen LogP contribution in [0, 0.1) is 71.0 Å². The van der Waals surface area contributed by atoms with Crippen LogP contribution in [0.2, 0.25) is 0 Å². The molecule has 7 saturated carbocycles. The quantitative estimate of drug-likeness (QED) is 0.421. The predicted octanol–water partition coefficient (Wildman–Crippen LogP) is 7.33. The lowest BCUT2D eigenvalue weighted by Gasteiger charge is -2.56. The van der Waals surface area contributed by atoms with Crippen molar-refractivity contribution in [1.82, 2.24) is 0 Å². The van der Waals surface area contributed by atoms with E-state index in [4.69, 9.17) is 0 Å². The van der Waals surface area contributed by atoms with Gasteiger partial charge in [-0.2, -0.15) is 0 Å². The minimum atomic E-state index is 1.16. The molecular formula is C27H42. The van der Waals surface area contributed by atoms with E-state index in [2.05, 4.69) is 0 Å². The van der Waals surface area contributed by atoms with Gasteiger partial charge in [-0.3, -0.25) is 0 Å². The molecule has 0 saturated heterocycles. The largest absolute Gasteiger partial charge is 0.0528 e. The molecule has 0 bridgehead atoms. The first-order valence-electron chi connectivity index (χ1n) is 13.4. The molecule has 0 nitrogen and oxygen atoms in total. The summed E-state index contributed by atoms with van der Waals surface area (Å²) in [7, 11) is 0. The molecule has 0 amide bonds. The fraction of sp³-hybridized carbons (Fsp3) is 1.00. The second-order valence-electron chi connectivity index (χ2n) is 12.6. The van der Waals surface area contributed by atoms with Crippen LogP contribution in [-0.2, 0) is 0 Å². The van der Waals surface area contributed by atoms with Crippen LogP contribution in [0.25, 0.3) is 0 Å². The van der Waals surface area contributed by atoms with E-state index in [1.54, 1.807) is 96.3 Å². The third kappa shape index (κ3) is 2.34. The van der Waals surface area contributed by atoms with E-state index in [1.807, 2.05) is 0 Å². The van der Waals surface area contributed by atoms with Gasteiger partial charge in [0.1, 0.15) is 0 Å². The highest BCUT2D eigenvalue weighted by molar-refractivity contribution is 5.09. The topological polar surface area (TPSA) is 0 Å². The average molecular weight is 367 g/mol. The van der Waals surface area contributed by atoms with Gasteiger partial charge in [-0.1, -0.05) is 64.2 Å². The summed E-state index contributed by atoms with van der Waals surface area (Å²) in [5, 5.41) is 0. The maximum atomic E-state index is 1.70. The lowest BCUT2D eigenvalue weighted by atomic mass is 9.49. The molecule has 7 aliphatic carbocycles. The summed E-state index contributed by atoms with van der Waals surface area (Å²) in [6, 6.07) is 0. The highest BCUT2D eigenvalue weighted by Crippen LogP contribution is 2.68. The molecule has 0 aromatic carbocycles. The molecule has 7 aliphatic rings. The van der Waals surface area contributed by atoms with Crippen molar-refractivity contribution in [3.05, 3.63) is 0 Å². The standard InChI is InChI=1S/C27H42/c1-5-16-7-3-11-20-24-15-25-21-12-4-8-17-6-2-10-19(27(17)21)14-23(25)22(24)13-18(9-1)26(16)20/h16-27H,1-15H2. The van der Waals surface area contributed by atoms with E-state index in [9.17, 15) is 0 Å². The number of hydrogen-bond acceptors (Lipinski definition) is 0. The van der Waals surface area contributed by atoms with Crippen LogP contribution in [0.1, 0.15) is 96.3 Å². The minimum Gasteiger partial charge on any atom is -0.0528 e. The van der Waals surface area contributed by atoms with Gasteiger partial charge in [-0.25, -0.2) is 0 Å². The predicted molar refractivity (Wildman–Crippen MR) is 111 cm³/mol. The molecule has 7 rings (SSSR count). The van der Waals surface area contributed by atoms with Crippen molar-refractivity contribution in [2.24, 2.45) is 71.0 Å².